The van der Waals surface area contributed by atoms with Gasteiger partial charge in [-0.1, -0.05) is 6.92 Å². The van der Waals surface area contributed by atoms with Crippen molar-refractivity contribution in [3.8, 4) is 5.88 Å². The molecule has 1 atom stereocenters. The lowest BCUT2D eigenvalue weighted by atomic mass is 10.2. The van der Waals surface area contributed by atoms with E-state index in [9.17, 15) is 0 Å². The van der Waals surface area contributed by atoms with Crippen molar-refractivity contribution in [3.63, 3.8) is 0 Å². The first-order valence-corrected chi connectivity index (χ1v) is 6.74. The van der Waals surface area contributed by atoms with Crippen LogP contribution in [0.2, 0.25) is 0 Å². The highest BCUT2D eigenvalue weighted by Crippen LogP contribution is 2.08. The number of aliphatic imine (C=N–C) groups is 1. The summed E-state index contributed by atoms with van der Waals surface area (Å²) < 4.78 is 5.38. The average molecular weight is 392 g/mol. The minimum Gasteiger partial charge on any atom is -0.478 e. The van der Waals surface area contributed by atoms with Crippen LogP contribution in [0.25, 0.3) is 0 Å². The van der Waals surface area contributed by atoms with Crippen LogP contribution in [0.3, 0.4) is 0 Å². The second-order valence-electron chi connectivity index (χ2n) is 4.31. The molecule has 0 saturated heterocycles. The molecule has 0 bridgehead atoms. The number of rotatable bonds is 6. The van der Waals surface area contributed by atoms with Crippen molar-refractivity contribution in [2.45, 2.75) is 39.8 Å². The molecule has 2 N–H and O–H groups in total. The average Bonchev–Trinajstić information content (AvgIpc) is 2.44. The van der Waals surface area contributed by atoms with Crippen LogP contribution in [-0.4, -0.2) is 30.6 Å². The van der Waals surface area contributed by atoms with Gasteiger partial charge in [0.2, 0.25) is 5.88 Å². The molecule has 1 aromatic rings. The summed E-state index contributed by atoms with van der Waals surface area (Å²) in [5.74, 6) is 1.47. The molecule has 0 aliphatic heterocycles. The van der Waals surface area contributed by atoms with Crippen LogP contribution in [0.5, 0.6) is 5.88 Å². The smallest absolute Gasteiger partial charge is 0.213 e. The Morgan fingerprint density at radius 1 is 1.45 bits per heavy atom. The number of guanidine groups is 1. The quantitative estimate of drug-likeness (QED) is 0.444. The molecule has 20 heavy (non-hydrogen) atoms. The van der Waals surface area contributed by atoms with Crippen molar-refractivity contribution in [1.29, 1.82) is 0 Å². The Balaban J connectivity index is 0.00000361. The first kappa shape index (κ1) is 18.9. The third-order valence-electron chi connectivity index (χ3n) is 2.77. The number of halogens is 1. The number of ether oxygens (including phenoxy) is 1. The van der Waals surface area contributed by atoms with Gasteiger partial charge in [0.25, 0.3) is 0 Å². The van der Waals surface area contributed by atoms with Crippen molar-refractivity contribution in [2.24, 2.45) is 4.99 Å². The Morgan fingerprint density at radius 2 is 2.20 bits per heavy atom. The molecule has 114 valence electrons. The molecule has 0 spiro atoms. The van der Waals surface area contributed by atoms with Crippen LogP contribution < -0.4 is 15.4 Å². The minimum atomic E-state index is 0. The summed E-state index contributed by atoms with van der Waals surface area (Å²) in [5.41, 5.74) is 1.12. The third kappa shape index (κ3) is 6.93. The number of nitrogens with zero attached hydrogens (tertiary/aromatic N) is 2. The summed E-state index contributed by atoms with van der Waals surface area (Å²) in [6, 6.07) is 4.31. The Hall–Kier alpha value is -1.05. The predicted octanol–water partition coefficient (Wildman–Crippen LogP) is 2.56. The van der Waals surface area contributed by atoms with Gasteiger partial charge >= 0.3 is 0 Å². The second-order valence-corrected chi connectivity index (χ2v) is 4.31. The van der Waals surface area contributed by atoms with Crippen LogP contribution in [0.15, 0.2) is 23.3 Å². The van der Waals surface area contributed by atoms with E-state index in [0.29, 0.717) is 25.1 Å². The fraction of sp³-hybridized carbons (Fsp3) is 0.571. The molecule has 1 aromatic heterocycles. The molecule has 0 aliphatic carbocycles. The monoisotopic (exact) mass is 392 g/mol. The first-order valence-electron chi connectivity index (χ1n) is 6.74. The van der Waals surface area contributed by atoms with E-state index in [1.165, 1.54) is 0 Å². The van der Waals surface area contributed by atoms with Crippen LogP contribution in [0.1, 0.15) is 32.8 Å². The molecule has 0 radical (unpaired) electrons. The fourth-order valence-corrected chi connectivity index (χ4v) is 1.50. The van der Waals surface area contributed by atoms with Crippen molar-refractivity contribution in [2.75, 3.05) is 13.7 Å². The van der Waals surface area contributed by atoms with Crippen molar-refractivity contribution < 1.29 is 4.74 Å². The predicted molar refractivity (Wildman–Crippen MR) is 93.9 cm³/mol. The van der Waals surface area contributed by atoms with Gasteiger partial charge in [-0.15, -0.1) is 24.0 Å². The largest absolute Gasteiger partial charge is 0.478 e. The van der Waals surface area contributed by atoms with E-state index >= 15 is 0 Å². The van der Waals surface area contributed by atoms with E-state index in [-0.39, 0.29) is 24.0 Å². The van der Waals surface area contributed by atoms with E-state index in [0.717, 1.165) is 17.9 Å². The maximum atomic E-state index is 5.38. The minimum absolute atomic E-state index is 0. The van der Waals surface area contributed by atoms with Crippen LogP contribution in [0.4, 0.5) is 0 Å². The van der Waals surface area contributed by atoms with Gasteiger partial charge in [0.15, 0.2) is 5.96 Å². The summed E-state index contributed by atoms with van der Waals surface area (Å²) in [4.78, 5) is 8.34. The Bertz CT molecular complexity index is 412. The van der Waals surface area contributed by atoms with Crippen molar-refractivity contribution in [1.82, 2.24) is 15.6 Å². The van der Waals surface area contributed by atoms with Gasteiger partial charge < -0.3 is 15.4 Å². The van der Waals surface area contributed by atoms with E-state index in [2.05, 4.69) is 34.5 Å². The molecule has 0 fully saturated rings. The van der Waals surface area contributed by atoms with Gasteiger partial charge in [-0.2, -0.15) is 0 Å². The zero-order chi connectivity index (χ0) is 14.1. The summed E-state index contributed by atoms with van der Waals surface area (Å²) in [5, 5.41) is 6.59. The molecular weight excluding hydrogens is 367 g/mol. The van der Waals surface area contributed by atoms with Gasteiger partial charge in [-0.25, -0.2) is 4.98 Å². The van der Waals surface area contributed by atoms with Crippen LogP contribution >= 0.6 is 24.0 Å². The lowest BCUT2D eigenvalue weighted by molar-refractivity contribution is 0.326. The maximum absolute atomic E-state index is 5.38. The summed E-state index contributed by atoms with van der Waals surface area (Å²) in [6.45, 7) is 7.54. The SMILES string of the molecule is CCOc1cc(CNC(=NC)NC(C)CC)ccn1.I. The molecule has 0 saturated carbocycles. The highest BCUT2D eigenvalue weighted by Gasteiger charge is 2.03. The number of aromatic nitrogens is 1. The molecule has 1 heterocycles. The fourth-order valence-electron chi connectivity index (χ4n) is 1.50. The molecular formula is C14H25IN4O. The Morgan fingerprint density at radius 3 is 2.80 bits per heavy atom. The molecule has 6 heteroatoms. The van der Waals surface area contributed by atoms with Crippen molar-refractivity contribution in [3.05, 3.63) is 23.9 Å². The molecule has 5 nitrogen and oxygen atoms in total. The zero-order valence-corrected chi connectivity index (χ0v) is 15.0. The second kappa shape index (κ2) is 10.7. The van der Waals surface area contributed by atoms with Gasteiger partial charge in [-0.3, -0.25) is 4.99 Å². The van der Waals surface area contributed by atoms with Crippen molar-refractivity contribution >= 4 is 29.9 Å². The normalized spacial score (nSPS) is 12.3. The third-order valence-corrected chi connectivity index (χ3v) is 2.77. The Kier molecular flexibility index (Phi) is 10.1. The van der Waals surface area contributed by atoms with Gasteiger partial charge in [-0.05, 0) is 31.9 Å². The molecule has 0 amide bonds. The molecule has 0 aromatic carbocycles. The maximum Gasteiger partial charge on any atom is 0.213 e. The Labute approximate surface area is 138 Å². The lowest BCUT2D eigenvalue weighted by Gasteiger charge is -2.16. The van der Waals surface area contributed by atoms with Crippen LogP contribution in [-0.2, 0) is 6.54 Å². The van der Waals surface area contributed by atoms with Gasteiger partial charge in [0.1, 0.15) is 0 Å². The topological polar surface area (TPSA) is 58.5 Å². The summed E-state index contributed by atoms with van der Waals surface area (Å²) in [6.07, 6.45) is 2.82. The van der Waals surface area contributed by atoms with E-state index in [4.69, 9.17) is 4.74 Å². The number of pyridine rings is 1. The summed E-state index contributed by atoms with van der Waals surface area (Å²) in [7, 11) is 1.77. The number of nitrogens with one attached hydrogen (secondary N) is 2. The zero-order valence-electron chi connectivity index (χ0n) is 12.6. The number of hydrogen-bond acceptors (Lipinski definition) is 3. The molecule has 1 rings (SSSR count). The molecule has 0 aliphatic rings. The first-order chi connectivity index (χ1) is 9.19. The van der Waals surface area contributed by atoms with Gasteiger partial charge in [0.05, 0.1) is 6.61 Å². The highest BCUT2D eigenvalue weighted by molar-refractivity contribution is 14.0. The number of hydrogen-bond donors (Lipinski definition) is 2. The van der Waals surface area contributed by atoms with E-state index < -0.39 is 0 Å². The standard InChI is InChI=1S/C14H24N4O.HI/c1-5-11(3)18-14(15-4)17-10-12-7-8-16-13(9-12)19-6-2;/h7-9,11H,5-6,10H2,1-4H3,(H2,15,17,18);1H. The summed E-state index contributed by atoms with van der Waals surface area (Å²) >= 11 is 0. The van der Waals surface area contributed by atoms with Crippen LogP contribution in [0, 0.1) is 0 Å². The highest BCUT2D eigenvalue weighted by atomic mass is 127. The molecule has 1 unspecified atom stereocenters. The van der Waals surface area contributed by atoms with Gasteiger partial charge in [0, 0.05) is 31.9 Å². The van der Waals surface area contributed by atoms with E-state index in [1.54, 1.807) is 13.2 Å². The lowest BCUT2D eigenvalue weighted by Crippen LogP contribution is -2.41. The van der Waals surface area contributed by atoms with E-state index in [1.807, 2.05) is 19.1 Å².